The summed E-state index contributed by atoms with van der Waals surface area (Å²) in [5.74, 6) is -0.362. The number of carbonyl (C=O) groups is 1. The lowest BCUT2D eigenvalue weighted by Gasteiger charge is -2.28. The second-order valence-corrected chi connectivity index (χ2v) is 17.9. The van der Waals surface area contributed by atoms with Crippen LogP contribution in [0, 0.1) is 0 Å². The van der Waals surface area contributed by atoms with Gasteiger partial charge in [-0.25, -0.2) is 0 Å². The summed E-state index contributed by atoms with van der Waals surface area (Å²) in [6, 6.07) is 0. The van der Waals surface area contributed by atoms with E-state index < -0.39 is 13.9 Å². The number of hydrogen-bond donors (Lipinski definition) is 0. The van der Waals surface area contributed by atoms with Gasteiger partial charge in [0.25, 0.3) is 7.82 Å². The Bertz CT molecular complexity index is 920. The second kappa shape index (κ2) is 38.7. The summed E-state index contributed by atoms with van der Waals surface area (Å²) < 4.78 is 34.3. The Balaban J connectivity index is 4.27. The fraction of sp³-hybridized carbons (Fsp3) is 0.889. The van der Waals surface area contributed by atoms with Crippen molar-refractivity contribution in [1.29, 1.82) is 0 Å². The van der Waals surface area contributed by atoms with Crippen LogP contribution in [0.3, 0.4) is 0 Å². The van der Waals surface area contributed by atoms with Gasteiger partial charge >= 0.3 is 5.97 Å². The predicted octanol–water partition coefficient (Wildman–Crippen LogP) is 12.9. The van der Waals surface area contributed by atoms with Gasteiger partial charge in [0.2, 0.25) is 0 Å². The maximum atomic E-state index is 12.7. The molecule has 9 heteroatoms. The summed E-state index contributed by atoms with van der Waals surface area (Å²) in [7, 11) is 1.33. The number of quaternary nitrogens is 1. The molecular formula is C45H88NO7P. The van der Waals surface area contributed by atoms with E-state index in [4.69, 9.17) is 18.5 Å². The predicted molar refractivity (Wildman–Crippen MR) is 226 cm³/mol. The van der Waals surface area contributed by atoms with Crippen molar-refractivity contribution in [3.8, 4) is 0 Å². The second-order valence-electron chi connectivity index (χ2n) is 16.5. The van der Waals surface area contributed by atoms with Crippen LogP contribution in [-0.4, -0.2) is 64.1 Å². The highest BCUT2D eigenvalue weighted by Crippen LogP contribution is 2.38. The molecule has 0 saturated carbocycles. The third kappa shape index (κ3) is 42.0. The van der Waals surface area contributed by atoms with Gasteiger partial charge in [-0.2, -0.15) is 0 Å². The van der Waals surface area contributed by atoms with Crippen LogP contribution in [0.5, 0.6) is 0 Å². The van der Waals surface area contributed by atoms with Crippen LogP contribution >= 0.6 is 7.82 Å². The minimum Gasteiger partial charge on any atom is -0.756 e. The average Bonchev–Trinajstić information content (AvgIpc) is 3.12. The Morgan fingerprint density at radius 2 is 0.981 bits per heavy atom. The highest BCUT2D eigenvalue weighted by molar-refractivity contribution is 7.45. The molecule has 0 aliphatic rings. The van der Waals surface area contributed by atoms with Gasteiger partial charge in [-0.15, -0.1) is 0 Å². The molecule has 0 aromatic rings. The highest BCUT2D eigenvalue weighted by Gasteiger charge is 2.20. The van der Waals surface area contributed by atoms with Gasteiger partial charge in [0.05, 0.1) is 34.0 Å². The molecule has 0 radical (unpaired) electrons. The fourth-order valence-electron chi connectivity index (χ4n) is 6.27. The number of allylic oxidation sites excluding steroid dienone is 3. The van der Waals surface area contributed by atoms with E-state index in [1.54, 1.807) is 6.26 Å². The van der Waals surface area contributed by atoms with Gasteiger partial charge in [-0.3, -0.25) is 9.36 Å². The minimum atomic E-state index is -4.54. The lowest BCUT2D eigenvalue weighted by molar-refractivity contribution is -0.870. The molecule has 0 aliphatic heterocycles. The van der Waals surface area contributed by atoms with E-state index in [-0.39, 0.29) is 25.8 Å². The van der Waals surface area contributed by atoms with Gasteiger partial charge < -0.3 is 27.9 Å². The number of carbonyl (C=O) groups excluding carboxylic acids is 1. The van der Waals surface area contributed by atoms with E-state index >= 15 is 0 Å². The molecule has 0 bridgehead atoms. The summed E-state index contributed by atoms with van der Waals surface area (Å²) in [5.41, 5.74) is 0. The number of ether oxygens (including phenoxy) is 2. The molecule has 0 amide bonds. The Morgan fingerprint density at radius 1 is 0.574 bits per heavy atom. The molecular weight excluding hydrogens is 697 g/mol. The van der Waals surface area contributed by atoms with Crippen molar-refractivity contribution >= 4 is 13.8 Å². The molecule has 0 aliphatic carbocycles. The zero-order valence-corrected chi connectivity index (χ0v) is 37.1. The van der Waals surface area contributed by atoms with Gasteiger partial charge in [-0.05, 0) is 51.0 Å². The van der Waals surface area contributed by atoms with E-state index in [0.717, 1.165) is 44.9 Å². The molecule has 1 unspecified atom stereocenters. The number of nitrogens with zero attached hydrogens (tertiary/aromatic N) is 1. The first-order chi connectivity index (χ1) is 26.1. The number of phosphoric acid groups is 1. The van der Waals surface area contributed by atoms with Crippen LogP contribution < -0.4 is 4.89 Å². The molecule has 0 heterocycles. The van der Waals surface area contributed by atoms with Crippen LogP contribution in [-0.2, 0) is 27.9 Å². The monoisotopic (exact) mass is 786 g/mol. The number of hydrogen-bond acceptors (Lipinski definition) is 7. The Kier molecular flexibility index (Phi) is 37.8. The third-order valence-electron chi connectivity index (χ3n) is 9.82. The van der Waals surface area contributed by atoms with Crippen molar-refractivity contribution in [2.75, 3.05) is 47.5 Å². The van der Waals surface area contributed by atoms with Crippen molar-refractivity contribution in [2.24, 2.45) is 0 Å². The Labute approximate surface area is 334 Å². The number of rotatable bonds is 42. The van der Waals surface area contributed by atoms with Gasteiger partial charge in [-0.1, -0.05) is 167 Å². The molecule has 0 fully saturated rings. The molecule has 0 aromatic carbocycles. The van der Waals surface area contributed by atoms with Crippen molar-refractivity contribution in [2.45, 2.75) is 213 Å². The molecule has 0 spiro atoms. The van der Waals surface area contributed by atoms with Gasteiger partial charge in [0, 0.05) is 6.42 Å². The quantitative estimate of drug-likeness (QED) is 0.0152. The van der Waals surface area contributed by atoms with Crippen LogP contribution in [0.4, 0.5) is 0 Å². The summed E-state index contributed by atoms with van der Waals surface area (Å²) >= 11 is 0. The maximum absolute atomic E-state index is 12.7. The third-order valence-corrected chi connectivity index (χ3v) is 10.8. The number of unbranched alkanes of at least 4 members (excludes halogenated alkanes) is 26. The molecule has 320 valence electrons. The zero-order valence-electron chi connectivity index (χ0n) is 36.2. The van der Waals surface area contributed by atoms with Gasteiger partial charge in [0.1, 0.15) is 19.8 Å². The summed E-state index contributed by atoms with van der Waals surface area (Å²) in [4.78, 5) is 25.0. The summed E-state index contributed by atoms with van der Waals surface area (Å²) in [6.07, 6.45) is 44.2. The minimum absolute atomic E-state index is 0.0166. The zero-order chi connectivity index (χ0) is 39.9. The Hall–Kier alpha value is -1.18. The molecule has 2 atom stereocenters. The van der Waals surface area contributed by atoms with Crippen LogP contribution in [0.1, 0.15) is 206 Å². The highest BCUT2D eigenvalue weighted by atomic mass is 31.2. The van der Waals surface area contributed by atoms with Crippen LogP contribution in [0.25, 0.3) is 0 Å². The smallest absolute Gasteiger partial charge is 0.306 e. The lowest BCUT2D eigenvalue weighted by atomic mass is 10.0. The van der Waals surface area contributed by atoms with Crippen molar-refractivity contribution in [3.05, 3.63) is 24.5 Å². The molecule has 8 nitrogen and oxygen atoms in total. The van der Waals surface area contributed by atoms with E-state index in [9.17, 15) is 14.3 Å². The molecule has 0 rings (SSSR count). The van der Waals surface area contributed by atoms with Crippen molar-refractivity contribution in [1.82, 2.24) is 0 Å². The van der Waals surface area contributed by atoms with Crippen molar-refractivity contribution < 1.29 is 37.3 Å². The normalized spacial score (nSPS) is 13.9. The summed E-state index contributed by atoms with van der Waals surface area (Å²) in [6.45, 7) is 4.74. The molecule has 54 heavy (non-hydrogen) atoms. The number of phosphoric ester groups is 1. The van der Waals surface area contributed by atoms with Crippen LogP contribution in [0.15, 0.2) is 24.5 Å². The first kappa shape index (κ1) is 52.8. The topological polar surface area (TPSA) is 94.1 Å². The SMILES string of the molecule is CCCCCCCCC/C=C\CCCCCCCC(=O)O[C@H](CO/C=C\CCCCCCCCCCCCCCCC)COP(=O)([O-])OCC[N+](C)(C)C. The standard InChI is InChI=1S/C45H88NO7P/c1-6-8-10-12-14-16-18-20-22-24-26-28-30-32-34-36-38-45(47)53-44(43-52-54(48,49)51-41-39-46(3,4)5)42-50-40-37-35-33-31-29-27-25-23-21-19-17-15-13-11-9-7-2/h22,24,37,40,44H,6-21,23,25-36,38-39,41-43H2,1-5H3/b24-22-,40-37-/t44-/m1/s1. The van der Waals surface area contributed by atoms with E-state index in [1.807, 2.05) is 27.2 Å². The van der Waals surface area contributed by atoms with E-state index in [1.165, 1.54) is 141 Å². The Morgan fingerprint density at radius 3 is 1.43 bits per heavy atom. The van der Waals surface area contributed by atoms with Crippen LogP contribution in [0.2, 0.25) is 0 Å². The number of likely N-dealkylation sites (N-methyl/N-ethyl adjacent to an activating group) is 1. The summed E-state index contributed by atoms with van der Waals surface area (Å²) in [5, 5.41) is 0. The van der Waals surface area contributed by atoms with Gasteiger partial charge in [0.15, 0.2) is 6.10 Å². The number of esters is 1. The van der Waals surface area contributed by atoms with E-state index in [2.05, 4.69) is 26.0 Å². The molecule has 0 N–H and O–H groups in total. The maximum Gasteiger partial charge on any atom is 0.306 e. The first-order valence-corrected chi connectivity index (χ1v) is 24.1. The first-order valence-electron chi connectivity index (χ1n) is 22.6. The lowest BCUT2D eigenvalue weighted by Crippen LogP contribution is -2.37. The van der Waals surface area contributed by atoms with E-state index in [0.29, 0.717) is 17.4 Å². The largest absolute Gasteiger partial charge is 0.756 e. The molecule has 0 saturated heterocycles. The van der Waals surface area contributed by atoms with Crippen molar-refractivity contribution in [3.63, 3.8) is 0 Å². The fourth-order valence-corrected chi connectivity index (χ4v) is 7.00. The average molecular weight is 786 g/mol. The molecule has 0 aromatic heterocycles.